The number of aliphatic hydroxyl groups is 1. The van der Waals surface area contributed by atoms with Crippen molar-refractivity contribution < 1.29 is 80.2 Å². The Balaban J connectivity index is 5.16. The Morgan fingerprint density at radius 3 is 0.667 bits per heavy atom. The van der Waals surface area contributed by atoms with E-state index < -0.39 is 97.5 Å². The Morgan fingerprint density at radius 2 is 0.451 bits per heavy atom. The topological polar surface area (TPSA) is 237 Å². The lowest BCUT2D eigenvalue weighted by atomic mass is 10.0. The summed E-state index contributed by atoms with van der Waals surface area (Å²) in [7, 11) is -9.92. The third-order valence-corrected chi connectivity index (χ3v) is 21.4. The van der Waals surface area contributed by atoms with Gasteiger partial charge in [-0.25, -0.2) is 9.13 Å². The summed E-state index contributed by atoms with van der Waals surface area (Å²) in [5, 5.41) is 10.6. The van der Waals surface area contributed by atoms with E-state index in [1.807, 2.05) is 0 Å². The molecule has 0 amide bonds. The van der Waals surface area contributed by atoms with E-state index in [2.05, 4.69) is 34.6 Å². The lowest BCUT2D eigenvalue weighted by molar-refractivity contribution is -0.161. The fraction of sp³-hybridized carbons (Fsp3) is 0.952. The molecule has 0 saturated heterocycles. The van der Waals surface area contributed by atoms with Crippen molar-refractivity contribution in [1.82, 2.24) is 0 Å². The normalized spacial score (nSPS) is 13.8. The maximum Gasteiger partial charge on any atom is 0.472 e. The van der Waals surface area contributed by atoms with E-state index >= 15 is 0 Å². The third-order valence-electron chi connectivity index (χ3n) is 19.5. The van der Waals surface area contributed by atoms with Crippen molar-refractivity contribution >= 4 is 39.5 Å². The van der Waals surface area contributed by atoms with Gasteiger partial charge in [0.25, 0.3) is 0 Å². The molecule has 0 rings (SSSR count). The van der Waals surface area contributed by atoms with Crippen molar-refractivity contribution in [3.63, 3.8) is 0 Å². The van der Waals surface area contributed by atoms with Crippen molar-refractivity contribution in [2.45, 2.75) is 464 Å². The molecule has 606 valence electrons. The summed E-state index contributed by atoms with van der Waals surface area (Å²) in [6.07, 6.45) is 68.3. The molecule has 0 aromatic carbocycles. The Labute approximate surface area is 626 Å². The fourth-order valence-electron chi connectivity index (χ4n) is 12.9. The molecular weight excluding hydrogens is 1330 g/mol. The van der Waals surface area contributed by atoms with Gasteiger partial charge >= 0.3 is 39.5 Å². The summed E-state index contributed by atoms with van der Waals surface area (Å²) in [6.45, 7) is 7.31. The van der Waals surface area contributed by atoms with Crippen molar-refractivity contribution in [3.8, 4) is 0 Å². The van der Waals surface area contributed by atoms with Crippen LogP contribution in [0.2, 0.25) is 0 Å². The standard InChI is InChI=1S/C83H162O17P2/c1-6-9-12-15-18-20-22-24-26-28-29-30-31-32-34-36-40-44-48-53-58-63-68-83(88)100-79(73-94-81(86)67-62-57-52-47-43-39-35-33-27-25-23-21-19-16-13-10-7-2)75-98-102(91,92)96-71-77(84)70-95-101(89,90)97-74-78(72-93-80(85)66-61-56-50-17-14-11-8-3)99-82(87)69-64-59-54-49-45-41-37-38-42-46-51-55-60-65-76(4)5/h76-79,84H,6-75H2,1-5H3,(H,89,90)(H,91,92)/t77-,78+,79+/m0/s1. The minimum Gasteiger partial charge on any atom is -0.462 e. The van der Waals surface area contributed by atoms with E-state index in [9.17, 15) is 43.2 Å². The molecule has 102 heavy (non-hydrogen) atoms. The molecule has 0 spiro atoms. The average Bonchev–Trinajstić information content (AvgIpc) is 0.909. The van der Waals surface area contributed by atoms with Gasteiger partial charge in [-0.15, -0.1) is 0 Å². The van der Waals surface area contributed by atoms with Crippen LogP contribution in [0.25, 0.3) is 0 Å². The second kappa shape index (κ2) is 75.9. The monoisotopic (exact) mass is 1490 g/mol. The maximum atomic E-state index is 13.1. The smallest absolute Gasteiger partial charge is 0.462 e. The predicted molar refractivity (Wildman–Crippen MR) is 418 cm³/mol. The Hall–Kier alpha value is -1.94. The molecule has 0 aromatic rings. The van der Waals surface area contributed by atoms with E-state index in [0.717, 1.165) is 109 Å². The van der Waals surface area contributed by atoms with Gasteiger partial charge in [0.2, 0.25) is 0 Å². The molecule has 0 aliphatic heterocycles. The van der Waals surface area contributed by atoms with Gasteiger partial charge in [-0.3, -0.25) is 37.3 Å². The van der Waals surface area contributed by atoms with Crippen LogP contribution in [-0.2, 0) is 65.4 Å². The fourth-order valence-corrected chi connectivity index (χ4v) is 14.5. The largest absolute Gasteiger partial charge is 0.472 e. The number of rotatable bonds is 83. The number of ether oxygens (including phenoxy) is 4. The number of carbonyl (C=O) groups excluding carboxylic acids is 4. The molecule has 2 unspecified atom stereocenters. The molecule has 19 heteroatoms. The summed E-state index contributed by atoms with van der Waals surface area (Å²) in [5.41, 5.74) is 0. The van der Waals surface area contributed by atoms with Gasteiger partial charge in [0, 0.05) is 25.7 Å². The molecule has 0 heterocycles. The van der Waals surface area contributed by atoms with Crippen LogP contribution in [0.4, 0.5) is 0 Å². The summed E-state index contributed by atoms with van der Waals surface area (Å²) in [4.78, 5) is 72.9. The quantitative estimate of drug-likeness (QED) is 0.0222. The molecule has 0 aliphatic rings. The average molecular weight is 1490 g/mol. The van der Waals surface area contributed by atoms with Gasteiger partial charge in [0.05, 0.1) is 26.4 Å². The van der Waals surface area contributed by atoms with Gasteiger partial charge in [0.1, 0.15) is 19.3 Å². The second-order valence-corrected chi connectivity index (χ2v) is 33.3. The maximum absolute atomic E-state index is 13.1. The van der Waals surface area contributed by atoms with Crippen LogP contribution in [-0.4, -0.2) is 96.7 Å². The first kappa shape index (κ1) is 100. The van der Waals surface area contributed by atoms with E-state index in [1.165, 1.54) is 257 Å². The highest BCUT2D eigenvalue weighted by atomic mass is 31.2. The van der Waals surface area contributed by atoms with Crippen molar-refractivity contribution in [3.05, 3.63) is 0 Å². The molecule has 0 aromatic heterocycles. The minimum atomic E-state index is -4.96. The molecule has 0 fully saturated rings. The van der Waals surface area contributed by atoms with Crippen LogP contribution >= 0.6 is 15.6 Å². The van der Waals surface area contributed by atoms with Crippen LogP contribution in [0.3, 0.4) is 0 Å². The van der Waals surface area contributed by atoms with Crippen molar-refractivity contribution in [2.75, 3.05) is 39.6 Å². The Kier molecular flexibility index (Phi) is 74.4. The molecule has 5 atom stereocenters. The first-order valence-electron chi connectivity index (χ1n) is 43.1. The number of unbranched alkanes of at least 4 members (excludes halogenated alkanes) is 55. The number of esters is 4. The minimum absolute atomic E-state index is 0.107. The Bertz CT molecular complexity index is 1940. The van der Waals surface area contributed by atoms with E-state index in [-0.39, 0.29) is 25.7 Å². The molecule has 17 nitrogen and oxygen atoms in total. The highest BCUT2D eigenvalue weighted by Gasteiger charge is 2.30. The zero-order valence-corrected chi connectivity index (χ0v) is 68.5. The lowest BCUT2D eigenvalue weighted by Gasteiger charge is -2.21. The number of hydrogen-bond acceptors (Lipinski definition) is 15. The molecule has 0 radical (unpaired) electrons. The lowest BCUT2D eigenvalue weighted by Crippen LogP contribution is -2.30. The molecule has 0 aliphatic carbocycles. The summed E-state index contributed by atoms with van der Waals surface area (Å²) >= 11 is 0. The Morgan fingerprint density at radius 1 is 0.265 bits per heavy atom. The highest BCUT2D eigenvalue weighted by Crippen LogP contribution is 2.45. The molecule has 0 bridgehead atoms. The van der Waals surface area contributed by atoms with Gasteiger partial charge < -0.3 is 33.8 Å². The van der Waals surface area contributed by atoms with Crippen LogP contribution in [0.15, 0.2) is 0 Å². The summed E-state index contributed by atoms with van der Waals surface area (Å²) in [6, 6.07) is 0. The second-order valence-electron chi connectivity index (χ2n) is 30.3. The number of phosphoric acid groups is 2. The first-order chi connectivity index (χ1) is 49.5. The first-order valence-corrected chi connectivity index (χ1v) is 46.1. The zero-order valence-electron chi connectivity index (χ0n) is 66.8. The van der Waals surface area contributed by atoms with Crippen molar-refractivity contribution in [1.29, 1.82) is 0 Å². The highest BCUT2D eigenvalue weighted by molar-refractivity contribution is 7.47. The molecular formula is C83H162O17P2. The van der Waals surface area contributed by atoms with E-state index in [0.29, 0.717) is 25.7 Å². The SMILES string of the molecule is CCCCCCCCCCCCCCCCCCCCCCCCC(=O)O[C@H](COC(=O)CCCCCCCCCCCCCCCCCCC)COP(=O)(O)OC[C@@H](O)COP(=O)(O)OC[C@@H](COC(=O)CCCCCCCCC)OC(=O)CCCCCCCCCCCCCCCC(C)C. The van der Waals surface area contributed by atoms with E-state index in [1.54, 1.807) is 0 Å². The summed E-state index contributed by atoms with van der Waals surface area (Å²) in [5.74, 6) is -1.32. The number of aliphatic hydroxyl groups excluding tert-OH is 1. The molecule has 0 saturated carbocycles. The number of phosphoric ester groups is 2. The zero-order chi connectivity index (χ0) is 74.8. The van der Waals surface area contributed by atoms with Gasteiger partial charge in [0.15, 0.2) is 12.2 Å². The van der Waals surface area contributed by atoms with Crippen LogP contribution in [0.1, 0.15) is 446 Å². The van der Waals surface area contributed by atoms with Gasteiger partial charge in [-0.05, 0) is 31.6 Å². The van der Waals surface area contributed by atoms with Crippen LogP contribution in [0.5, 0.6) is 0 Å². The third kappa shape index (κ3) is 76.3. The predicted octanol–water partition coefficient (Wildman–Crippen LogP) is 25.2. The van der Waals surface area contributed by atoms with Gasteiger partial charge in [-0.2, -0.15) is 0 Å². The molecule has 3 N–H and O–H groups in total. The number of carbonyl (C=O) groups is 4. The van der Waals surface area contributed by atoms with Crippen LogP contribution < -0.4 is 0 Å². The van der Waals surface area contributed by atoms with E-state index in [4.69, 9.17) is 37.0 Å². The van der Waals surface area contributed by atoms with Gasteiger partial charge in [-0.1, -0.05) is 394 Å². The van der Waals surface area contributed by atoms with Crippen LogP contribution in [0, 0.1) is 5.92 Å². The van der Waals surface area contributed by atoms with Crippen molar-refractivity contribution in [2.24, 2.45) is 5.92 Å². The summed E-state index contributed by atoms with van der Waals surface area (Å²) < 4.78 is 68.7. The number of hydrogen-bond donors (Lipinski definition) is 3.